The van der Waals surface area contributed by atoms with Crippen LogP contribution < -0.4 is 24.8 Å². The first-order valence-electron chi connectivity index (χ1n) is 10.6. The maximum absolute atomic E-state index is 12.5. The third-order valence-corrected chi connectivity index (χ3v) is 5.31. The Labute approximate surface area is 199 Å². The number of hydrogen-bond acceptors (Lipinski definition) is 8. The zero-order chi connectivity index (χ0) is 24.4. The molecule has 5 aromatic rings. The van der Waals surface area contributed by atoms with Gasteiger partial charge in [-0.25, -0.2) is 14.8 Å². The molecule has 0 aliphatic carbocycles. The van der Waals surface area contributed by atoms with Gasteiger partial charge in [0.05, 0.1) is 30.8 Å². The van der Waals surface area contributed by atoms with E-state index < -0.39 is 6.03 Å². The lowest BCUT2D eigenvalue weighted by molar-refractivity contribution is 0.262. The second kappa shape index (κ2) is 9.18. The number of fused-ring (bicyclic) bond motifs is 2. The Bertz CT molecular complexity index is 1550. The normalized spacial score (nSPS) is 10.8. The van der Waals surface area contributed by atoms with E-state index in [4.69, 9.17) is 18.7 Å². The standard InChI is InChI=1S/C25H21N5O5/c1-14-10-23(30-35-14)29-25(31)28-18-8-4-7-16-15(18)6-5-9-20(16)34-24-17-11-21(32-2)22(33-3)12-19(17)26-13-27-24/h4-13H,1-3H3,(H2,28,29,30,31). The molecule has 0 bridgehead atoms. The Morgan fingerprint density at radius 3 is 2.40 bits per heavy atom. The second-order valence-corrected chi connectivity index (χ2v) is 7.56. The van der Waals surface area contributed by atoms with Gasteiger partial charge in [-0.3, -0.25) is 5.32 Å². The van der Waals surface area contributed by atoms with Crippen molar-refractivity contribution in [2.24, 2.45) is 0 Å². The summed E-state index contributed by atoms with van der Waals surface area (Å²) >= 11 is 0. The average molecular weight is 471 g/mol. The molecule has 0 spiro atoms. The zero-order valence-electron chi connectivity index (χ0n) is 19.2. The first-order valence-corrected chi connectivity index (χ1v) is 10.6. The summed E-state index contributed by atoms with van der Waals surface area (Å²) in [6, 6.07) is 15.8. The minimum atomic E-state index is -0.444. The molecule has 0 atom stereocenters. The van der Waals surface area contributed by atoms with Crippen molar-refractivity contribution in [2.75, 3.05) is 24.9 Å². The minimum absolute atomic E-state index is 0.326. The number of hydrogen-bond donors (Lipinski definition) is 2. The fourth-order valence-electron chi connectivity index (χ4n) is 3.72. The second-order valence-electron chi connectivity index (χ2n) is 7.56. The summed E-state index contributed by atoms with van der Waals surface area (Å²) < 4.78 is 22.0. The van der Waals surface area contributed by atoms with Crippen molar-refractivity contribution < 1.29 is 23.5 Å². The fraction of sp³-hybridized carbons (Fsp3) is 0.120. The predicted octanol–water partition coefficient (Wildman–Crippen LogP) is 5.53. The van der Waals surface area contributed by atoms with Crippen LogP contribution in [-0.4, -0.2) is 35.4 Å². The molecule has 0 aliphatic rings. The monoisotopic (exact) mass is 471 g/mol. The highest BCUT2D eigenvalue weighted by Crippen LogP contribution is 2.38. The van der Waals surface area contributed by atoms with Gasteiger partial charge in [0.15, 0.2) is 17.3 Å². The first kappa shape index (κ1) is 22.0. The van der Waals surface area contributed by atoms with Crippen LogP contribution in [0.4, 0.5) is 16.3 Å². The number of aromatic nitrogens is 3. The van der Waals surface area contributed by atoms with Gasteiger partial charge < -0.3 is 24.1 Å². The van der Waals surface area contributed by atoms with Crippen LogP contribution in [0, 0.1) is 6.92 Å². The Morgan fingerprint density at radius 1 is 0.857 bits per heavy atom. The molecule has 2 aromatic heterocycles. The summed E-state index contributed by atoms with van der Waals surface area (Å²) in [5.41, 5.74) is 1.25. The van der Waals surface area contributed by atoms with Gasteiger partial charge in [0.1, 0.15) is 17.8 Å². The maximum atomic E-state index is 12.5. The van der Waals surface area contributed by atoms with Crippen LogP contribution in [0.2, 0.25) is 0 Å². The number of nitrogens with zero attached hydrogens (tertiary/aromatic N) is 3. The van der Waals surface area contributed by atoms with Crippen LogP contribution >= 0.6 is 0 Å². The van der Waals surface area contributed by atoms with Gasteiger partial charge in [-0.05, 0) is 25.1 Å². The molecule has 2 amide bonds. The SMILES string of the molecule is COc1cc2ncnc(Oc3cccc4c(NC(=O)Nc5cc(C)on5)cccc34)c2cc1OC. The predicted molar refractivity (Wildman–Crippen MR) is 131 cm³/mol. The van der Waals surface area contributed by atoms with E-state index >= 15 is 0 Å². The van der Waals surface area contributed by atoms with Crippen molar-refractivity contribution in [1.82, 2.24) is 15.1 Å². The largest absolute Gasteiger partial charge is 0.493 e. The number of urea groups is 1. The van der Waals surface area contributed by atoms with Gasteiger partial charge in [-0.2, -0.15) is 0 Å². The lowest BCUT2D eigenvalue weighted by atomic mass is 10.1. The van der Waals surface area contributed by atoms with Crippen molar-refractivity contribution in [1.29, 1.82) is 0 Å². The molecule has 2 heterocycles. The highest BCUT2D eigenvalue weighted by atomic mass is 16.5. The topological polar surface area (TPSA) is 121 Å². The Hall–Kier alpha value is -4.86. The van der Waals surface area contributed by atoms with E-state index in [1.807, 2.05) is 30.3 Å². The summed E-state index contributed by atoms with van der Waals surface area (Å²) in [4.78, 5) is 21.1. The molecule has 2 N–H and O–H groups in total. The number of methoxy groups -OCH3 is 2. The summed E-state index contributed by atoms with van der Waals surface area (Å²) in [7, 11) is 3.13. The van der Waals surface area contributed by atoms with Crippen molar-refractivity contribution in [3.05, 3.63) is 66.7 Å². The number of carbonyl (C=O) groups is 1. The number of carbonyl (C=O) groups excluding carboxylic acids is 1. The number of amides is 2. The molecule has 35 heavy (non-hydrogen) atoms. The number of rotatable bonds is 6. The molecular weight excluding hydrogens is 450 g/mol. The molecule has 3 aromatic carbocycles. The van der Waals surface area contributed by atoms with Crippen molar-refractivity contribution in [3.63, 3.8) is 0 Å². The van der Waals surface area contributed by atoms with Gasteiger partial charge >= 0.3 is 6.03 Å². The number of aryl methyl sites for hydroxylation is 1. The minimum Gasteiger partial charge on any atom is -0.493 e. The number of anilines is 2. The van der Waals surface area contributed by atoms with Gasteiger partial charge in [-0.1, -0.05) is 29.4 Å². The van der Waals surface area contributed by atoms with E-state index in [-0.39, 0.29) is 0 Å². The Balaban J connectivity index is 1.48. The molecule has 0 aliphatic heterocycles. The quantitative estimate of drug-likeness (QED) is 0.331. The number of ether oxygens (including phenoxy) is 3. The highest BCUT2D eigenvalue weighted by Gasteiger charge is 2.15. The van der Waals surface area contributed by atoms with E-state index in [0.29, 0.717) is 51.3 Å². The summed E-state index contributed by atoms with van der Waals surface area (Å²) in [6.07, 6.45) is 1.43. The Kier molecular flexibility index (Phi) is 5.76. The lowest BCUT2D eigenvalue weighted by Gasteiger charge is -2.14. The van der Waals surface area contributed by atoms with E-state index in [0.717, 1.165) is 10.8 Å². The molecule has 0 unspecified atom stereocenters. The third kappa shape index (κ3) is 4.36. The summed E-state index contributed by atoms with van der Waals surface area (Å²) in [6.45, 7) is 1.75. The van der Waals surface area contributed by atoms with Crippen molar-refractivity contribution in [2.45, 2.75) is 6.92 Å². The number of nitrogens with one attached hydrogen (secondary N) is 2. The van der Waals surface area contributed by atoms with Gasteiger partial charge in [0.25, 0.3) is 0 Å². The molecule has 10 heteroatoms. The molecule has 0 saturated carbocycles. The van der Waals surface area contributed by atoms with Crippen LogP contribution in [0.3, 0.4) is 0 Å². The molecule has 0 radical (unpaired) electrons. The van der Waals surface area contributed by atoms with Crippen molar-refractivity contribution in [3.8, 4) is 23.1 Å². The van der Waals surface area contributed by atoms with Crippen LogP contribution in [0.5, 0.6) is 23.1 Å². The van der Waals surface area contributed by atoms with Gasteiger partial charge in [0, 0.05) is 22.9 Å². The van der Waals surface area contributed by atoms with E-state index in [2.05, 4.69) is 25.8 Å². The van der Waals surface area contributed by atoms with E-state index in [1.165, 1.54) is 6.33 Å². The third-order valence-electron chi connectivity index (χ3n) is 5.31. The summed E-state index contributed by atoms with van der Waals surface area (Å²) in [5.74, 6) is 2.95. The first-order chi connectivity index (χ1) is 17.1. The molecule has 10 nitrogen and oxygen atoms in total. The molecule has 176 valence electrons. The molecule has 0 saturated heterocycles. The van der Waals surface area contributed by atoms with Crippen LogP contribution in [-0.2, 0) is 0 Å². The molecular formula is C25H21N5O5. The van der Waals surface area contributed by atoms with Crippen molar-refractivity contribution >= 4 is 39.2 Å². The van der Waals surface area contributed by atoms with Gasteiger partial charge in [0.2, 0.25) is 5.88 Å². The van der Waals surface area contributed by atoms with Gasteiger partial charge in [-0.15, -0.1) is 0 Å². The van der Waals surface area contributed by atoms with E-state index in [1.54, 1.807) is 45.4 Å². The number of benzene rings is 3. The van der Waals surface area contributed by atoms with Crippen LogP contribution in [0.25, 0.3) is 21.7 Å². The van der Waals surface area contributed by atoms with Crippen LogP contribution in [0.15, 0.2) is 65.4 Å². The van der Waals surface area contributed by atoms with E-state index in [9.17, 15) is 4.79 Å². The molecule has 0 fully saturated rings. The average Bonchev–Trinajstić information content (AvgIpc) is 3.28. The smallest absolute Gasteiger partial charge is 0.324 e. The summed E-state index contributed by atoms with van der Waals surface area (Å²) in [5, 5.41) is 11.5. The van der Waals surface area contributed by atoms with Crippen LogP contribution in [0.1, 0.15) is 5.76 Å². The lowest BCUT2D eigenvalue weighted by Crippen LogP contribution is -2.19. The maximum Gasteiger partial charge on any atom is 0.324 e. The fourth-order valence-corrected chi connectivity index (χ4v) is 3.72. The highest BCUT2D eigenvalue weighted by molar-refractivity contribution is 6.07. The molecule has 5 rings (SSSR count). The zero-order valence-corrected chi connectivity index (χ0v) is 19.2. The Morgan fingerprint density at radius 2 is 1.63 bits per heavy atom.